The second kappa shape index (κ2) is 4.59. The van der Waals surface area contributed by atoms with Crippen molar-refractivity contribution in [1.82, 2.24) is 15.2 Å². The Morgan fingerprint density at radius 2 is 2.05 bits per heavy atom. The fourth-order valence-electron chi connectivity index (χ4n) is 1.48. The second-order valence-corrected chi connectivity index (χ2v) is 4.53. The number of pyridine rings is 1. The number of nitriles is 1. The molecule has 0 atom stereocenters. The lowest BCUT2D eigenvalue weighted by atomic mass is 10.3. The molecule has 0 saturated carbocycles. The van der Waals surface area contributed by atoms with Crippen LogP contribution in [0.4, 0.5) is 4.39 Å². The molecular weight excluding hydrogens is 267 g/mol. The molecular formula is C12H5FN4OS. The summed E-state index contributed by atoms with van der Waals surface area (Å²) in [5.74, 6) is 0.0137. The number of thiophene rings is 1. The van der Waals surface area contributed by atoms with Crippen molar-refractivity contribution in [3.63, 3.8) is 0 Å². The van der Waals surface area contributed by atoms with Gasteiger partial charge in [-0.15, -0.1) is 21.5 Å². The number of hydrogen-bond acceptors (Lipinski definition) is 6. The summed E-state index contributed by atoms with van der Waals surface area (Å²) in [6.07, 6.45) is 2.54. The Morgan fingerprint density at radius 1 is 1.21 bits per heavy atom. The number of halogens is 1. The summed E-state index contributed by atoms with van der Waals surface area (Å²) in [7, 11) is 0. The molecule has 0 saturated heterocycles. The third-order valence-electron chi connectivity index (χ3n) is 2.32. The van der Waals surface area contributed by atoms with Gasteiger partial charge in [0.2, 0.25) is 5.89 Å². The molecule has 0 radical (unpaired) electrons. The summed E-state index contributed by atoms with van der Waals surface area (Å²) < 4.78 is 18.5. The van der Waals surface area contributed by atoms with Gasteiger partial charge in [-0.25, -0.2) is 4.39 Å². The summed E-state index contributed by atoms with van der Waals surface area (Å²) >= 11 is 1.33. The Hall–Kier alpha value is -2.59. The fraction of sp³-hybridized carbons (Fsp3) is 0. The summed E-state index contributed by atoms with van der Waals surface area (Å²) in [6, 6.07) is 4.95. The van der Waals surface area contributed by atoms with E-state index < -0.39 is 5.82 Å². The minimum atomic E-state index is -0.472. The molecule has 7 heteroatoms. The molecule has 92 valence electrons. The molecule has 0 aliphatic carbocycles. The van der Waals surface area contributed by atoms with Gasteiger partial charge in [-0.05, 0) is 12.1 Å². The molecule has 5 nitrogen and oxygen atoms in total. The molecule has 3 aromatic heterocycles. The smallest absolute Gasteiger partial charge is 0.258 e. The zero-order valence-corrected chi connectivity index (χ0v) is 10.2. The lowest BCUT2D eigenvalue weighted by Crippen LogP contribution is -1.82. The predicted molar refractivity (Wildman–Crippen MR) is 65.5 cm³/mol. The van der Waals surface area contributed by atoms with E-state index in [0.717, 1.165) is 6.20 Å². The quantitative estimate of drug-likeness (QED) is 0.717. The topological polar surface area (TPSA) is 75.6 Å². The molecule has 19 heavy (non-hydrogen) atoms. The minimum Gasteiger partial charge on any atom is -0.415 e. The molecule has 0 spiro atoms. The largest absolute Gasteiger partial charge is 0.415 e. The Balaban J connectivity index is 1.97. The lowest BCUT2D eigenvalue weighted by molar-refractivity contribution is 0.582. The highest BCUT2D eigenvalue weighted by molar-refractivity contribution is 7.13. The summed E-state index contributed by atoms with van der Waals surface area (Å²) in [5.41, 5.74) is 0.947. The maximum absolute atomic E-state index is 13.0. The van der Waals surface area contributed by atoms with Crippen LogP contribution in [0.2, 0.25) is 0 Å². The number of rotatable bonds is 2. The van der Waals surface area contributed by atoms with E-state index in [9.17, 15) is 4.39 Å². The summed E-state index contributed by atoms with van der Waals surface area (Å²) in [5, 5.41) is 18.2. The van der Waals surface area contributed by atoms with Crippen LogP contribution in [0, 0.1) is 17.1 Å². The van der Waals surface area contributed by atoms with E-state index in [2.05, 4.69) is 15.2 Å². The van der Waals surface area contributed by atoms with Crippen molar-refractivity contribution in [2.45, 2.75) is 0 Å². The van der Waals surface area contributed by atoms with E-state index in [1.807, 2.05) is 6.07 Å². The van der Waals surface area contributed by atoms with Crippen molar-refractivity contribution >= 4 is 11.3 Å². The molecule has 0 unspecified atom stereocenters. The van der Waals surface area contributed by atoms with E-state index in [1.165, 1.54) is 23.6 Å². The van der Waals surface area contributed by atoms with Crippen molar-refractivity contribution < 1.29 is 8.81 Å². The monoisotopic (exact) mass is 272 g/mol. The molecule has 0 aromatic carbocycles. The van der Waals surface area contributed by atoms with E-state index in [1.54, 1.807) is 11.4 Å². The summed E-state index contributed by atoms with van der Waals surface area (Å²) in [6.45, 7) is 0. The zero-order valence-electron chi connectivity index (χ0n) is 9.37. The van der Waals surface area contributed by atoms with E-state index >= 15 is 0 Å². The van der Waals surface area contributed by atoms with E-state index in [4.69, 9.17) is 9.68 Å². The van der Waals surface area contributed by atoms with Gasteiger partial charge < -0.3 is 4.42 Å². The first-order valence-electron chi connectivity index (χ1n) is 5.20. The molecule has 0 bridgehead atoms. The van der Waals surface area contributed by atoms with Gasteiger partial charge >= 0.3 is 0 Å². The molecule has 0 N–H and O–H groups in total. The average molecular weight is 272 g/mol. The van der Waals surface area contributed by atoms with Crippen LogP contribution in [0.25, 0.3) is 22.2 Å². The highest BCUT2D eigenvalue weighted by Crippen LogP contribution is 2.28. The fourth-order valence-corrected chi connectivity index (χ4v) is 2.23. The van der Waals surface area contributed by atoms with Crippen molar-refractivity contribution in [1.29, 1.82) is 5.26 Å². The lowest BCUT2D eigenvalue weighted by Gasteiger charge is -1.92. The molecule has 3 aromatic rings. The van der Waals surface area contributed by atoms with Crippen LogP contribution >= 0.6 is 11.3 Å². The number of aromatic nitrogens is 3. The molecule has 3 rings (SSSR count). The standard InChI is InChI=1S/C12H5FN4OS/c13-9-2-8(4-15-5-9)11-16-17-12(18-11)10-1-7(3-14)6-19-10/h1-2,4-6H. The molecule has 0 aliphatic heterocycles. The Morgan fingerprint density at radius 3 is 2.79 bits per heavy atom. The van der Waals surface area contributed by atoms with E-state index in [0.29, 0.717) is 21.9 Å². The van der Waals surface area contributed by atoms with Crippen LogP contribution < -0.4 is 0 Å². The SMILES string of the molecule is N#Cc1csc(-c2nnc(-c3cncc(F)c3)o2)c1. The van der Waals surface area contributed by atoms with Gasteiger partial charge in [0.15, 0.2) is 0 Å². The highest BCUT2D eigenvalue weighted by Gasteiger charge is 2.13. The summed E-state index contributed by atoms with van der Waals surface area (Å²) in [4.78, 5) is 4.41. The van der Waals surface area contributed by atoms with Gasteiger partial charge in [0.1, 0.15) is 11.9 Å². The molecule has 0 amide bonds. The number of hydrogen-bond donors (Lipinski definition) is 0. The van der Waals surface area contributed by atoms with Gasteiger partial charge in [-0.2, -0.15) is 5.26 Å². The Labute approximate surface area is 111 Å². The van der Waals surface area contributed by atoms with Crippen molar-refractivity contribution in [3.05, 3.63) is 41.3 Å². The highest BCUT2D eigenvalue weighted by atomic mass is 32.1. The molecule has 0 aliphatic rings. The van der Waals surface area contributed by atoms with Gasteiger partial charge in [0.25, 0.3) is 5.89 Å². The van der Waals surface area contributed by atoms with Crippen LogP contribution in [0.5, 0.6) is 0 Å². The average Bonchev–Trinajstić information content (AvgIpc) is 3.07. The van der Waals surface area contributed by atoms with Crippen LogP contribution in [0.3, 0.4) is 0 Å². The third kappa shape index (κ3) is 2.21. The van der Waals surface area contributed by atoms with Crippen molar-refractivity contribution in [2.24, 2.45) is 0 Å². The van der Waals surface area contributed by atoms with Crippen LogP contribution in [0.1, 0.15) is 5.56 Å². The first kappa shape index (κ1) is 11.5. The predicted octanol–water partition coefficient (Wildman–Crippen LogP) is 2.87. The van der Waals surface area contributed by atoms with Crippen molar-refractivity contribution in [2.75, 3.05) is 0 Å². The Bertz CT molecular complexity index is 774. The van der Waals surface area contributed by atoms with Gasteiger partial charge in [0.05, 0.1) is 22.2 Å². The van der Waals surface area contributed by atoms with Crippen molar-refractivity contribution in [3.8, 4) is 28.3 Å². The molecule has 3 heterocycles. The molecule has 0 fully saturated rings. The first-order valence-corrected chi connectivity index (χ1v) is 6.07. The normalized spacial score (nSPS) is 10.3. The van der Waals surface area contributed by atoms with E-state index in [-0.39, 0.29) is 5.89 Å². The maximum atomic E-state index is 13.0. The maximum Gasteiger partial charge on any atom is 0.258 e. The number of nitrogens with zero attached hydrogens (tertiary/aromatic N) is 4. The Kier molecular flexibility index (Phi) is 2.78. The zero-order chi connectivity index (χ0) is 13.2. The van der Waals surface area contributed by atoms with Crippen LogP contribution in [-0.4, -0.2) is 15.2 Å². The van der Waals surface area contributed by atoms with Crippen LogP contribution in [-0.2, 0) is 0 Å². The third-order valence-corrected chi connectivity index (χ3v) is 3.23. The first-order chi connectivity index (χ1) is 9.26. The van der Waals surface area contributed by atoms with Gasteiger partial charge in [-0.3, -0.25) is 4.98 Å². The second-order valence-electron chi connectivity index (χ2n) is 3.62. The van der Waals surface area contributed by atoms with Gasteiger partial charge in [-0.1, -0.05) is 0 Å². The van der Waals surface area contributed by atoms with Gasteiger partial charge in [0, 0.05) is 11.6 Å². The minimum absolute atomic E-state index is 0.189. The van der Waals surface area contributed by atoms with Crippen LogP contribution in [0.15, 0.2) is 34.3 Å².